The van der Waals surface area contributed by atoms with Gasteiger partial charge in [-0.25, -0.2) is 13.8 Å². The van der Waals surface area contributed by atoms with Crippen LogP contribution in [-0.4, -0.2) is 10.9 Å². The standard InChI is InChI=1S/C13H7F2N3O/c14-10-3-1-2-9(12(10)15)13(19)18-11-5-4-8(6-16)7-17-11/h1-5,7H,(H,17,18,19). The largest absolute Gasteiger partial charge is 0.306 e. The monoisotopic (exact) mass is 259 g/mol. The smallest absolute Gasteiger partial charge is 0.259 e. The molecule has 0 aliphatic heterocycles. The molecule has 0 saturated carbocycles. The molecule has 6 heteroatoms. The molecule has 0 spiro atoms. The molecule has 0 radical (unpaired) electrons. The van der Waals surface area contributed by atoms with E-state index in [4.69, 9.17) is 5.26 Å². The lowest BCUT2D eigenvalue weighted by molar-refractivity contribution is 0.102. The summed E-state index contributed by atoms with van der Waals surface area (Å²) >= 11 is 0. The Bertz CT molecular complexity index is 663. The van der Waals surface area contributed by atoms with Crippen LogP contribution >= 0.6 is 0 Å². The highest BCUT2D eigenvalue weighted by Gasteiger charge is 2.15. The van der Waals surface area contributed by atoms with E-state index in [9.17, 15) is 13.6 Å². The van der Waals surface area contributed by atoms with Gasteiger partial charge < -0.3 is 5.32 Å². The van der Waals surface area contributed by atoms with Gasteiger partial charge in [0.2, 0.25) is 0 Å². The van der Waals surface area contributed by atoms with Crippen LogP contribution < -0.4 is 5.32 Å². The molecule has 1 amide bonds. The minimum Gasteiger partial charge on any atom is -0.306 e. The van der Waals surface area contributed by atoms with Crippen molar-refractivity contribution in [1.82, 2.24) is 4.98 Å². The van der Waals surface area contributed by atoms with Crippen molar-refractivity contribution in [3.8, 4) is 6.07 Å². The van der Waals surface area contributed by atoms with Gasteiger partial charge in [0.25, 0.3) is 5.91 Å². The maximum Gasteiger partial charge on any atom is 0.259 e. The molecule has 1 aromatic carbocycles. The molecule has 0 aliphatic rings. The van der Waals surface area contributed by atoms with Crippen molar-refractivity contribution in [2.75, 3.05) is 5.32 Å². The van der Waals surface area contributed by atoms with E-state index in [1.54, 1.807) is 0 Å². The molecule has 0 unspecified atom stereocenters. The first kappa shape index (κ1) is 12.6. The number of carbonyl (C=O) groups excluding carboxylic acids is 1. The molecule has 2 aromatic rings. The van der Waals surface area contributed by atoms with Gasteiger partial charge >= 0.3 is 0 Å². The quantitative estimate of drug-likeness (QED) is 0.901. The number of pyridine rings is 1. The summed E-state index contributed by atoms with van der Waals surface area (Å²) in [5.74, 6) is -2.98. The molecule has 0 atom stereocenters. The van der Waals surface area contributed by atoms with E-state index in [0.717, 1.165) is 12.1 Å². The lowest BCUT2D eigenvalue weighted by atomic mass is 10.2. The van der Waals surface area contributed by atoms with Crippen molar-refractivity contribution in [3.63, 3.8) is 0 Å². The second-order valence-corrected chi connectivity index (χ2v) is 3.60. The second-order valence-electron chi connectivity index (χ2n) is 3.60. The maximum absolute atomic E-state index is 13.4. The predicted molar refractivity (Wildman–Crippen MR) is 63.3 cm³/mol. The molecule has 0 fully saturated rings. The molecule has 0 bridgehead atoms. The molecule has 94 valence electrons. The van der Waals surface area contributed by atoms with E-state index in [2.05, 4.69) is 10.3 Å². The maximum atomic E-state index is 13.4. The second kappa shape index (κ2) is 5.23. The Morgan fingerprint density at radius 2 is 2.05 bits per heavy atom. The average molecular weight is 259 g/mol. The Morgan fingerprint density at radius 1 is 1.26 bits per heavy atom. The van der Waals surface area contributed by atoms with Crippen LogP contribution in [0.15, 0.2) is 36.5 Å². The van der Waals surface area contributed by atoms with Gasteiger partial charge in [0.05, 0.1) is 11.1 Å². The summed E-state index contributed by atoms with van der Waals surface area (Å²) in [6, 6.07) is 8.04. The van der Waals surface area contributed by atoms with Crippen LogP contribution in [0.4, 0.5) is 14.6 Å². The molecule has 0 aliphatic carbocycles. The van der Waals surface area contributed by atoms with Crippen LogP contribution in [-0.2, 0) is 0 Å². The fourth-order valence-electron chi connectivity index (χ4n) is 1.40. The van der Waals surface area contributed by atoms with Crippen molar-refractivity contribution in [3.05, 3.63) is 59.3 Å². The number of anilines is 1. The van der Waals surface area contributed by atoms with Crippen molar-refractivity contribution in [2.24, 2.45) is 0 Å². The molecule has 2 rings (SSSR count). The molecular weight excluding hydrogens is 252 g/mol. The van der Waals surface area contributed by atoms with Crippen molar-refractivity contribution in [2.45, 2.75) is 0 Å². The number of hydrogen-bond donors (Lipinski definition) is 1. The summed E-state index contributed by atoms with van der Waals surface area (Å²) in [5.41, 5.74) is -0.0823. The Labute approximate surface area is 107 Å². The fraction of sp³-hybridized carbons (Fsp3) is 0. The number of rotatable bonds is 2. The van der Waals surface area contributed by atoms with Crippen molar-refractivity contribution >= 4 is 11.7 Å². The summed E-state index contributed by atoms with van der Waals surface area (Å²) in [7, 11) is 0. The number of amides is 1. The van der Waals surface area contributed by atoms with Gasteiger partial charge in [-0.1, -0.05) is 6.07 Å². The zero-order valence-electron chi connectivity index (χ0n) is 9.52. The van der Waals surface area contributed by atoms with Crippen LogP contribution in [0.3, 0.4) is 0 Å². The zero-order valence-corrected chi connectivity index (χ0v) is 9.52. The van der Waals surface area contributed by atoms with Gasteiger partial charge in [-0.15, -0.1) is 0 Å². The van der Waals surface area contributed by atoms with Gasteiger partial charge in [-0.05, 0) is 24.3 Å². The van der Waals surface area contributed by atoms with Crippen LogP contribution in [0.1, 0.15) is 15.9 Å². The molecular formula is C13H7F2N3O. The first-order chi connectivity index (χ1) is 9.11. The van der Waals surface area contributed by atoms with E-state index < -0.39 is 23.1 Å². The van der Waals surface area contributed by atoms with E-state index >= 15 is 0 Å². The summed E-state index contributed by atoms with van der Waals surface area (Å²) in [5, 5.41) is 10.9. The van der Waals surface area contributed by atoms with Crippen molar-refractivity contribution < 1.29 is 13.6 Å². The van der Waals surface area contributed by atoms with Gasteiger partial charge in [0.15, 0.2) is 11.6 Å². The number of hydrogen-bond acceptors (Lipinski definition) is 3. The minimum absolute atomic E-state index is 0.146. The average Bonchev–Trinajstić information content (AvgIpc) is 2.42. The number of nitrogens with one attached hydrogen (secondary N) is 1. The lowest BCUT2D eigenvalue weighted by Crippen LogP contribution is -2.15. The molecule has 1 N–H and O–H groups in total. The van der Waals surface area contributed by atoms with Crippen LogP contribution in [0.25, 0.3) is 0 Å². The fourth-order valence-corrected chi connectivity index (χ4v) is 1.40. The topological polar surface area (TPSA) is 65.8 Å². The highest BCUT2D eigenvalue weighted by atomic mass is 19.2. The third-order valence-corrected chi connectivity index (χ3v) is 2.33. The van der Waals surface area contributed by atoms with Crippen molar-refractivity contribution in [1.29, 1.82) is 5.26 Å². The molecule has 19 heavy (non-hydrogen) atoms. The van der Waals surface area contributed by atoms with E-state index in [0.29, 0.717) is 5.56 Å². The first-order valence-corrected chi connectivity index (χ1v) is 5.23. The number of carbonyl (C=O) groups is 1. The van der Waals surface area contributed by atoms with E-state index in [1.807, 2.05) is 6.07 Å². The normalized spacial score (nSPS) is 9.74. The van der Waals surface area contributed by atoms with Crippen LogP contribution in [0.2, 0.25) is 0 Å². The third kappa shape index (κ3) is 2.72. The first-order valence-electron chi connectivity index (χ1n) is 5.23. The van der Waals surface area contributed by atoms with Gasteiger partial charge in [-0.3, -0.25) is 4.79 Å². The number of nitrogens with zero attached hydrogens (tertiary/aromatic N) is 2. The highest BCUT2D eigenvalue weighted by molar-refractivity contribution is 6.03. The molecule has 1 heterocycles. The number of aromatic nitrogens is 1. The van der Waals surface area contributed by atoms with Gasteiger partial charge in [0, 0.05) is 6.20 Å². The molecule has 0 saturated heterocycles. The highest BCUT2D eigenvalue weighted by Crippen LogP contribution is 2.13. The van der Waals surface area contributed by atoms with E-state index in [-0.39, 0.29) is 5.82 Å². The Morgan fingerprint density at radius 3 is 2.68 bits per heavy atom. The number of halogens is 2. The van der Waals surface area contributed by atoms with Gasteiger partial charge in [0.1, 0.15) is 11.9 Å². The number of benzene rings is 1. The van der Waals surface area contributed by atoms with Gasteiger partial charge in [-0.2, -0.15) is 5.26 Å². The Balaban J connectivity index is 2.21. The Kier molecular flexibility index (Phi) is 3.48. The predicted octanol–water partition coefficient (Wildman–Crippen LogP) is 2.48. The molecule has 1 aromatic heterocycles. The minimum atomic E-state index is -1.21. The summed E-state index contributed by atoms with van der Waals surface area (Å²) in [6.45, 7) is 0. The third-order valence-electron chi connectivity index (χ3n) is 2.33. The SMILES string of the molecule is N#Cc1ccc(NC(=O)c2cccc(F)c2F)nc1. The Hall–Kier alpha value is -2.81. The molecule has 4 nitrogen and oxygen atoms in total. The number of nitriles is 1. The van der Waals surface area contributed by atoms with Crippen LogP contribution in [0.5, 0.6) is 0 Å². The summed E-state index contributed by atoms with van der Waals surface area (Å²) in [6.07, 6.45) is 1.26. The zero-order chi connectivity index (χ0) is 13.8. The van der Waals surface area contributed by atoms with Crippen LogP contribution in [0, 0.1) is 23.0 Å². The summed E-state index contributed by atoms with van der Waals surface area (Å²) in [4.78, 5) is 15.5. The summed E-state index contributed by atoms with van der Waals surface area (Å²) < 4.78 is 26.3. The van der Waals surface area contributed by atoms with E-state index in [1.165, 1.54) is 24.4 Å². The lowest BCUT2D eigenvalue weighted by Gasteiger charge is -2.05.